The van der Waals surface area contributed by atoms with Gasteiger partial charge in [0, 0.05) is 43.7 Å². The fourth-order valence-electron chi connectivity index (χ4n) is 4.01. The molecule has 3 aromatic carbocycles. The number of ether oxygens (including phenoxy) is 1. The van der Waals surface area contributed by atoms with E-state index in [1.54, 1.807) is 0 Å². The third-order valence-electron chi connectivity index (χ3n) is 5.74. The molecule has 1 unspecified atom stereocenters. The summed E-state index contributed by atoms with van der Waals surface area (Å²) < 4.78 is 5.65. The minimum Gasteiger partial charge on any atom is -0.491 e. The second-order valence-corrected chi connectivity index (χ2v) is 8.98. The molecule has 0 aliphatic carbocycles. The van der Waals surface area contributed by atoms with Gasteiger partial charge in [0.25, 0.3) is 0 Å². The Morgan fingerprint density at radius 3 is 1.78 bits per heavy atom. The van der Waals surface area contributed by atoms with Crippen molar-refractivity contribution in [1.29, 1.82) is 0 Å². The van der Waals surface area contributed by atoms with Crippen molar-refractivity contribution in [2.75, 3.05) is 23.8 Å². The number of para-hydroxylation sites is 1. The first kappa shape index (κ1) is 26.9. The van der Waals surface area contributed by atoms with Crippen LogP contribution in [0.1, 0.15) is 44.2 Å². The summed E-state index contributed by atoms with van der Waals surface area (Å²) in [5.41, 5.74) is 3.72. The quantitative estimate of drug-likeness (QED) is 0.299. The molecule has 0 aliphatic rings. The van der Waals surface area contributed by atoms with Crippen molar-refractivity contribution in [3.63, 3.8) is 0 Å². The summed E-state index contributed by atoms with van der Waals surface area (Å²) in [5, 5.41) is 19.4. The van der Waals surface area contributed by atoms with Crippen molar-refractivity contribution in [1.82, 2.24) is 5.32 Å². The van der Waals surface area contributed by atoms with E-state index in [9.17, 15) is 14.7 Å². The SMILES string of the molecule is CC(=O)Nc1ccc(C(CC(C)NC[C@H](O)COc2ccccc2)c2ccc(NC(C)=O)cc2)cc1. The number of aliphatic hydroxyl groups excluding tert-OH is 1. The monoisotopic (exact) mass is 489 g/mol. The molecule has 7 heteroatoms. The Balaban J connectivity index is 1.66. The number of aliphatic hydroxyl groups is 1. The molecule has 0 bridgehead atoms. The number of anilines is 2. The number of nitrogens with one attached hydrogen (secondary N) is 3. The van der Waals surface area contributed by atoms with Gasteiger partial charge in [-0.2, -0.15) is 0 Å². The summed E-state index contributed by atoms with van der Waals surface area (Å²) in [4.78, 5) is 22.8. The van der Waals surface area contributed by atoms with E-state index >= 15 is 0 Å². The maximum absolute atomic E-state index is 11.4. The molecule has 0 aromatic heterocycles. The van der Waals surface area contributed by atoms with Crippen LogP contribution >= 0.6 is 0 Å². The third-order valence-corrected chi connectivity index (χ3v) is 5.74. The number of rotatable bonds is 12. The van der Waals surface area contributed by atoms with Gasteiger partial charge in [-0.25, -0.2) is 0 Å². The summed E-state index contributed by atoms with van der Waals surface area (Å²) in [5.74, 6) is 0.582. The molecule has 0 aliphatic heterocycles. The molecule has 0 radical (unpaired) electrons. The predicted octanol–water partition coefficient (Wildman–Crippen LogP) is 4.54. The molecule has 3 rings (SSSR count). The van der Waals surface area contributed by atoms with Crippen LogP contribution in [0.15, 0.2) is 78.9 Å². The highest BCUT2D eigenvalue weighted by molar-refractivity contribution is 5.89. The molecule has 3 aromatic rings. The van der Waals surface area contributed by atoms with Gasteiger partial charge in [-0.3, -0.25) is 9.59 Å². The van der Waals surface area contributed by atoms with Crippen LogP contribution in [-0.4, -0.2) is 42.2 Å². The van der Waals surface area contributed by atoms with Gasteiger partial charge in [0.15, 0.2) is 0 Å². The van der Waals surface area contributed by atoms with Crippen LogP contribution in [0.3, 0.4) is 0 Å². The van der Waals surface area contributed by atoms with Crippen LogP contribution in [-0.2, 0) is 9.59 Å². The topological polar surface area (TPSA) is 99.7 Å². The van der Waals surface area contributed by atoms with E-state index in [0.29, 0.717) is 6.54 Å². The highest BCUT2D eigenvalue weighted by Crippen LogP contribution is 2.31. The number of hydrogen-bond acceptors (Lipinski definition) is 5. The summed E-state index contributed by atoms with van der Waals surface area (Å²) >= 11 is 0. The molecule has 4 N–H and O–H groups in total. The molecule has 0 fully saturated rings. The Bertz CT molecular complexity index is 1040. The lowest BCUT2D eigenvalue weighted by molar-refractivity contribution is -0.115. The van der Waals surface area contributed by atoms with Crippen molar-refractivity contribution in [3.05, 3.63) is 90.0 Å². The van der Waals surface area contributed by atoms with E-state index < -0.39 is 6.10 Å². The first-order valence-electron chi connectivity index (χ1n) is 12.1. The van der Waals surface area contributed by atoms with E-state index in [2.05, 4.69) is 22.9 Å². The van der Waals surface area contributed by atoms with Crippen molar-refractivity contribution in [2.45, 2.75) is 45.3 Å². The van der Waals surface area contributed by atoms with Crippen molar-refractivity contribution >= 4 is 23.2 Å². The smallest absolute Gasteiger partial charge is 0.221 e. The standard InChI is InChI=1S/C29H35N3O4/c1-20(30-18-27(35)19-36-28-7-5-4-6-8-28)17-29(23-9-13-25(14-10-23)31-21(2)33)24-11-15-26(16-12-24)32-22(3)34/h4-16,20,27,29-30,35H,17-19H2,1-3H3,(H,31,33)(H,32,34)/t20?,27-/m0/s1. The van der Waals surface area contributed by atoms with E-state index in [-0.39, 0.29) is 30.4 Å². The normalized spacial score (nSPS) is 12.6. The Labute approximate surface area is 212 Å². The summed E-state index contributed by atoms with van der Waals surface area (Å²) in [6, 6.07) is 25.2. The van der Waals surface area contributed by atoms with Crippen molar-refractivity contribution in [2.24, 2.45) is 0 Å². The zero-order chi connectivity index (χ0) is 25.9. The lowest BCUT2D eigenvalue weighted by Gasteiger charge is -2.24. The number of amides is 2. The maximum atomic E-state index is 11.4. The van der Waals surface area contributed by atoms with Crippen molar-refractivity contribution < 1.29 is 19.4 Å². The van der Waals surface area contributed by atoms with Gasteiger partial charge >= 0.3 is 0 Å². The number of benzene rings is 3. The Hall–Kier alpha value is -3.68. The molecule has 0 saturated heterocycles. The minimum absolute atomic E-state index is 0.0722. The Morgan fingerprint density at radius 1 is 0.806 bits per heavy atom. The second-order valence-electron chi connectivity index (χ2n) is 8.98. The fraction of sp³-hybridized carbons (Fsp3) is 0.310. The highest BCUT2D eigenvalue weighted by Gasteiger charge is 2.19. The van der Waals surface area contributed by atoms with Crippen LogP contribution in [0, 0.1) is 0 Å². The van der Waals surface area contributed by atoms with Crippen LogP contribution in [0.25, 0.3) is 0 Å². The van der Waals surface area contributed by atoms with Gasteiger partial charge in [-0.05, 0) is 60.9 Å². The average molecular weight is 490 g/mol. The number of hydrogen-bond donors (Lipinski definition) is 4. The summed E-state index contributed by atoms with van der Waals surface area (Å²) in [6.07, 6.45) is 0.144. The molecular weight excluding hydrogens is 454 g/mol. The highest BCUT2D eigenvalue weighted by atomic mass is 16.5. The zero-order valence-corrected chi connectivity index (χ0v) is 21.0. The van der Waals surface area contributed by atoms with E-state index in [4.69, 9.17) is 4.74 Å². The molecular formula is C29H35N3O4. The molecule has 0 saturated carbocycles. The molecule has 0 heterocycles. The van der Waals surface area contributed by atoms with E-state index in [0.717, 1.165) is 34.7 Å². The minimum atomic E-state index is -0.639. The number of carbonyl (C=O) groups is 2. The zero-order valence-electron chi connectivity index (χ0n) is 21.0. The predicted molar refractivity (Wildman–Crippen MR) is 143 cm³/mol. The molecule has 36 heavy (non-hydrogen) atoms. The first-order chi connectivity index (χ1) is 17.3. The van der Waals surface area contributed by atoms with Crippen LogP contribution in [0.4, 0.5) is 11.4 Å². The third kappa shape index (κ3) is 8.83. The summed E-state index contributed by atoms with van der Waals surface area (Å²) in [6.45, 7) is 5.68. The molecule has 7 nitrogen and oxygen atoms in total. The van der Waals surface area contributed by atoms with Crippen molar-refractivity contribution in [3.8, 4) is 5.75 Å². The Morgan fingerprint density at radius 2 is 1.31 bits per heavy atom. The largest absolute Gasteiger partial charge is 0.491 e. The van der Waals surface area contributed by atoms with Crippen LogP contribution in [0.5, 0.6) is 5.75 Å². The maximum Gasteiger partial charge on any atom is 0.221 e. The lowest BCUT2D eigenvalue weighted by Crippen LogP contribution is -2.37. The Kier molecular flexibility index (Phi) is 10.0. The molecule has 2 amide bonds. The lowest BCUT2D eigenvalue weighted by atomic mass is 9.86. The van der Waals surface area contributed by atoms with Gasteiger partial charge < -0.3 is 25.8 Å². The van der Waals surface area contributed by atoms with Gasteiger partial charge in [0.2, 0.25) is 11.8 Å². The van der Waals surface area contributed by atoms with E-state index in [1.807, 2.05) is 78.9 Å². The fourth-order valence-corrected chi connectivity index (χ4v) is 4.01. The number of carbonyl (C=O) groups excluding carboxylic acids is 2. The van der Waals surface area contributed by atoms with Crippen LogP contribution in [0.2, 0.25) is 0 Å². The average Bonchev–Trinajstić information content (AvgIpc) is 2.86. The summed E-state index contributed by atoms with van der Waals surface area (Å²) in [7, 11) is 0. The first-order valence-corrected chi connectivity index (χ1v) is 12.1. The van der Waals surface area contributed by atoms with Gasteiger partial charge in [-0.15, -0.1) is 0 Å². The van der Waals surface area contributed by atoms with Gasteiger partial charge in [-0.1, -0.05) is 42.5 Å². The van der Waals surface area contributed by atoms with Gasteiger partial charge in [0.05, 0.1) is 0 Å². The van der Waals surface area contributed by atoms with Crippen LogP contribution < -0.4 is 20.7 Å². The van der Waals surface area contributed by atoms with E-state index in [1.165, 1.54) is 13.8 Å². The second kappa shape index (κ2) is 13.4. The molecule has 0 spiro atoms. The molecule has 190 valence electrons. The molecule has 2 atom stereocenters. The van der Waals surface area contributed by atoms with Gasteiger partial charge in [0.1, 0.15) is 18.5 Å².